The van der Waals surface area contributed by atoms with Crippen LogP contribution in [0.1, 0.15) is 40.5 Å². The zero-order chi connectivity index (χ0) is 13.2. The third-order valence-electron chi connectivity index (χ3n) is 4.59. The van der Waals surface area contributed by atoms with E-state index in [-0.39, 0.29) is 0 Å². The maximum atomic E-state index is 5.47. The van der Waals surface area contributed by atoms with Crippen LogP contribution in [-0.4, -0.2) is 49.8 Å². The molecule has 3 heteroatoms. The quantitative estimate of drug-likeness (QED) is 0.835. The molecule has 3 unspecified atom stereocenters. The molecule has 0 aliphatic carbocycles. The van der Waals surface area contributed by atoms with Gasteiger partial charge in [-0.05, 0) is 37.6 Å². The van der Waals surface area contributed by atoms with Crippen molar-refractivity contribution in [2.45, 2.75) is 52.6 Å². The second kappa shape index (κ2) is 5.89. The summed E-state index contributed by atoms with van der Waals surface area (Å²) in [6.45, 7) is 14.9. The number of nitrogens with zero attached hydrogens (tertiary/aromatic N) is 1. The highest BCUT2D eigenvalue weighted by molar-refractivity contribution is 4.90. The number of rotatable bonds is 3. The van der Waals surface area contributed by atoms with Crippen molar-refractivity contribution in [2.24, 2.45) is 11.3 Å². The Kier molecular flexibility index (Phi) is 4.68. The molecule has 0 saturated carbocycles. The lowest BCUT2D eigenvalue weighted by Crippen LogP contribution is -2.59. The molecule has 2 aliphatic heterocycles. The number of hydrogen-bond donors (Lipinski definition) is 1. The van der Waals surface area contributed by atoms with Gasteiger partial charge in [-0.1, -0.05) is 20.8 Å². The molecular formula is C15H30N2O. The fourth-order valence-corrected chi connectivity index (χ4v) is 2.97. The molecule has 0 aromatic heterocycles. The van der Waals surface area contributed by atoms with Crippen LogP contribution in [0.3, 0.4) is 0 Å². The monoisotopic (exact) mass is 254 g/mol. The van der Waals surface area contributed by atoms with Crippen molar-refractivity contribution < 1.29 is 4.74 Å². The topological polar surface area (TPSA) is 24.5 Å². The van der Waals surface area contributed by atoms with Crippen molar-refractivity contribution >= 4 is 0 Å². The van der Waals surface area contributed by atoms with Gasteiger partial charge in [-0.25, -0.2) is 0 Å². The Labute approximate surface area is 112 Å². The van der Waals surface area contributed by atoms with Gasteiger partial charge in [0.2, 0.25) is 0 Å². The van der Waals surface area contributed by atoms with Gasteiger partial charge in [0.1, 0.15) is 0 Å². The largest absolute Gasteiger partial charge is 0.381 e. The van der Waals surface area contributed by atoms with E-state index in [0.29, 0.717) is 17.5 Å². The van der Waals surface area contributed by atoms with Crippen molar-refractivity contribution in [3.63, 3.8) is 0 Å². The average molecular weight is 254 g/mol. The highest BCUT2D eigenvalue weighted by Gasteiger charge is 2.32. The molecule has 3 nitrogen and oxygen atoms in total. The van der Waals surface area contributed by atoms with E-state index >= 15 is 0 Å². The van der Waals surface area contributed by atoms with Gasteiger partial charge < -0.3 is 10.1 Å². The van der Waals surface area contributed by atoms with Gasteiger partial charge in [0.05, 0.1) is 0 Å². The van der Waals surface area contributed by atoms with E-state index in [0.717, 1.165) is 25.7 Å². The summed E-state index contributed by atoms with van der Waals surface area (Å²) < 4.78 is 5.47. The Morgan fingerprint density at radius 3 is 2.72 bits per heavy atom. The molecular weight excluding hydrogens is 224 g/mol. The molecule has 3 atom stereocenters. The first kappa shape index (κ1) is 14.3. The molecule has 0 spiro atoms. The predicted octanol–water partition coefficient (Wildman–Crippen LogP) is 2.12. The van der Waals surface area contributed by atoms with Crippen molar-refractivity contribution in [3.8, 4) is 0 Å². The molecule has 2 heterocycles. The third-order valence-corrected chi connectivity index (χ3v) is 4.59. The average Bonchev–Trinajstić information content (AvgIpc) is 2.79. The molecule has 0 aromatic carbocycles. The van der Waals surface area contributed by atoms with E-state index in [4.69, 9.17) is 4.74 Å². The number of nitrogens with one attached hydrogen (secondary N) is 1. The smallest absolute Gasteiger partial charge is 0.0495 e. The minimum Gasteiger partial charge on any atom is -0.381 e. The highest BCUT2D eigenvalue weighted by Crippen LogP contribution is 2.24. The fraction of sp³-hybridized carbons (Fsp3) is 1.00. The van der Waals surface area contributed by atoms with Gasteiger partial charge in [-0.3, -0.25) is 4.90 Å². The Hall–Kier alpha value is -0.120. The first-order valence-corrected chi connectivity index (χ1v) is 7.52. The summed E-state index contributed by atoms with van der Waals surface area (Å²) >= 11 is 0. The van der Waals surface area contributed by atoms with Gasteiger partial charge >= 0.3 is 0 Å². The van der Waals surface area contributed by atoms with Gasteiger partial charge in [0.25, 0.3) is 0 Å². The zero-order valence-electron chi connectivity index (χ0n) is 12.5. The SMILES string of the molecule is CC1CNC(C(C)(C)C)CN1CCC1CCOC1. The lowest BCUT2D eigenvalue weighted by atomic mass is 9.84. The summed E-state index contributed by atoms with van der Waals surface area (Å²) in [5.74, 6) is 0.806. The van der Waals surface area contributed by atoms with Gasteiger partial charge in [-0.15, -0.1) is 0 Å². The minimum absolute atomic E-state index is 0.356. The van der Waals surface area contributed by atoms with Crippen molar-refractivity contribution in [1.29, 1.82) is 0 Å². The van der Waals surface area contributed by atoms with Gasteiger partial charge in [-0.2, -0.15) is 0 Å². The summed E-state index contributed by atoms with van der Waals surface area (Å²) in [5, 5.41) is 3.70. The maximum Gasteiger partial charge on any atom is 0.0495 e. The highest BCUT2D eigenvalue weighted by atomic mass is 16.5. The Balaban J connectivity index is 1.81. The molecule has 18 heavy (non-hydrogen) atoms. The normalized spacial score (nSPS) is 35.0. The molecule has 1 N–H and O–H groups in total. The van der Waals surface area contributed by atoms with Crippen molar-refractivity contribution in [3.05, 3.63) is 0 Å². The second-order valence-electron chi connectivity index (χ2n) is 7.19. The number of ether oxygens (including phenoxy) is 1. The van der Waals surface area contributed by atoms with Crippen LogP contribution in [0.4, 0.5) is 0 Å². The summed E-state index contributed by atoms with van der Waals surface area (Å²) in [4.78, 5) is 2.67. The molecule has 2 aliphatic rings. The van der Waals surface area contributed by atoms with E-state index in [1.54, 1.807) is 0 Å². The van der Waals surface area contributed by atoms with E-state index < -0.39 is 0 Å². The molecule has 2 fully saturated rings. The van der Waals surface area contributed by atoms with Crippen LogP contribution in [0.5, 0.6) is 0 Å². The Bertz CT molecular complexity index is 256. The first-order valence-electron chi connectivity index (χ1n) is 7.52. The molecule has 106 valence electrons. The van der Waals surface area contributed by atoms with Crippen LogP contribution < -0.4 is 5.32 Å². The van der Waals surface area contributed by atoms with Crippen LogP contribution in [0.25, 0.3) is 0 Å². The Morgan fingerprint density at radius 1 is 1.33 bits per heavy atom. The number of piperazine rings is 1. The van der Waals surface area contributed by atoms with E-state index in [2.05, 4.69) is 37.9 Å². The summed E-state index contributed by atoms with van der Waals surface area (Å²) in [5.41, 5.74) is 0.356. The van der Waals surface area contributed by atoms with Crippen LogP contribution in [0.2, 0.25) is 0 Å². The first-order chi connectivity index (χ1) is 8.47. The van der Waals surface area contributed by atoms with E-state index in [1.807, 2.05) is 0 Å². The maximum absolute atomic E-state index is 5.47. The molecule has 0 bridgehead atoms. The van der Waals surface area contributed by atoms with E-state index in [9.17, 15) is 0 Å². The molecule has 0 amide bonds. The van der Waals surface area contributed by atoms with Crippen LogP contribution in [0, 0.1) is 11.3 Å². The lowest BCUT2D eigenvalue weighted by Gasteiger charge is -2.44. The van der Waals surface area contributed by atoms with Crippen LogP contribution in [-0.2, 0) is 4.74 Å². The van der Waals surface area contributed by atoms with Crippen molar-refractivity contribution in [1.82, 2.24) is 10.2 Å². The van der Waals surface area contributed by atoms with Gasteiger partial charge in [0.15, 0.2) is 0 Å². The lowest BCUT2D eigenvalue weighted by molar-refractivity contribution is 0.0870. The zero-order valence-corrected chi connectivity index (χ0v) is 12.5. The summed E-state index contributed by atoms with van der Waals surface area (Å²) in [6, 6.07) is 1.29. The molecule has 0 radical (unpaired) electrons. The van der Waals surface area contributed by atoms with Crippen LogP contribution in [0.15, 0.2) is 0 Å². The van der Waals surface area contributed by atoms with Crippen molar-refractivity contribution in [2.75, 3.05) is 32.8 Å². The van der Waals surface area contributed by atoms with Gasteiger partial charge in [0, 0.05) is 38.4 Å². The molecule has 2 rings (SSSR count). The summed E-state index contributed by atoms with van der Waals surface area (Å²) in [7, 11) is 0. The summed E-state index contributed by atoms with van der Waals surface area (Å²) in [6.07, 6.45) is 2.57. The predicted molar refractivity (Wildman–Crippen MR) is 75.8 cm³/mol. The molecule has 0 aromatic rings. The van der Waals surface area contributed by atoms with E-state index in [1.165, 1.54) is 25.9 Å². The third kappa shape index (κ3) is 3.69. The number of hydrogen-bond acceptors (Lipinski definition) is 3. The Morgan fingerprint density at radius 2 is 2.11 bits per heavy atom. The molecule has 2 saturated heterocycles. The fourth-order valence-electron chi connectivity index (χ4n) is 2.97. The minimum atomic E-state index is 0.356. The standard InChI is InChI=1S/C15H30N2O/c1-12-9-16-14(15(2,3)4)10-17(12)7-5-13-6-8-18-11-13/h12-14,16H,5-11H2,1-4H3. The van der Waals surface area contributed by atoms with Crippen LogP contribution >= 0.6 is 0 Å². The second-order valence-corrected chi connectivity index (χ2v) is 7.19.